The Morgan fingerprint density at radius 3 is 2.21 bits per heavy atom. The molecule has 2 rings (SSSR count). The monoisotopic (exact) mass is 491 g/mol. The smallest absolute Gasteiger partial charge is 0.118 e. The molecule has 4 nitrogen and oxygen atoms in total. The molecule has 0 spiro atoms. The molecule has 0 aliphatic heterocycles. The van der Waals surface area contributed by atoms with Gasteiger partial charge in [-0.2, -0.15) is 9.73 Å². The minimum Gasteiger partial charge on any atom is -0.399 e. The van der Waals surface area contributed by atoms with Gasteiger partial charge >= 0.3 is 0 Å². The van der Waals surface area contributed by atoms with E-state index in [0.29, 0.717) is 0 Å². The molecule has 0 bridgehead atoms. The molecule has 2 aromatic heterocycles. The fourth-order valence-corrected chi connectivity index (χ4v) is 0.927. The summed E-state index contributed by atoms with van der Waals surface area (Å²) in [5.41, 5.74) is 1.62. The average Bonchev–Trinajstić information content (AvgIpc) is 2.21. The van der Waals surface area contributed by atoms with Crippen LogP contribution in [0.5, 0.6) is 0 Å². The van der Waals surface area contributed by atoms with Gasteiger partial charge in [-0.1, -0.05) is 6.92 Å². The zero-order valence-electron chi connectivity index (χ0n) is 8.15. The Hall–Kier alpha value is 3.10. The van der Waals surface area contributed by atoms with Crippen LogP contribution in [0.2, 0.25) is 0 Å². The Bertz CT molecular complexity index is 306. The number of fused-ring (bicyclic) bond motifs is 1. The number of H-pyrrole nitrogens is 1. The number of nitrogens with zero attached hydrogens (tertiary/aromatic N) is 3. The van der Waals surface area contributed by atoms with Gasteiger partial charge in [0.25, 0.3) is 0 Å². The van der Waals surface area contributed by atoms with E-state index >= 15 is 0 Å². The van der Waals surface area contributed by atoms with Gasteiger partial charge in [-0.05, 0) is 12.6 Å². The Morgan fingerprint density at radius 2 is 1.71 bits per heavy atom. The van der Waals surface area contributed by atoms with Crippen molar-refractivity contribution in [1.82, 2.24) is 19.8 Å². The number of hydrogen-bond donors (Lipinski definition) is 1. The fourth-order valence-electron chi connectivity index (χ4n) is 0.927. The van der Waals surface area contributed by atoms with Crippen molar-refractivity contribution in [3.8, 4) is 0 Å². The molecule has 0 saturated heterocycles. The molecular formula is C6H7N4Y4-. The first-order chi connectivity index (χ1) is 4.75. The molecule has 2 heterocycles. The van der Waals surface area contributed by atoms with Crippen LogP contribution in [-0.2, 0) is 131 Å². The third kappa shape index (κ3) is 5.62. The van der Waals surface area contributed by atoms with Crippen LogP contribution < -0.4 is 0 Å². The predicted molar refractivity (Wildman–Crippen MR) is 35.6 cm³/mol. The maximum absolute atomic E-state index is 4.12. The fraction of sp³-hybridized carbons (Fsp3) is 0.333. The van der Waals surface area contributed by atoms with Gasteiger partial charge in [-0.15, -0.1) is 5.69 Å². The first-order valence-corrected chi connectivity index (χ1v) is 3.07. The standard InChI is InChI=1S/C6H7N4.4Y/c1-4-3-6-7-5(2)9-10(6)8-4;;;;/h1-2H3,(H,7,9);;;;/q-1;;;;. The van der Waals surface area contributed by atoms with Gasteiger partial charge < -0.3 is 6.07 Å². The van der Waals surface area contributed by atoms with Crippen molar-refractivity contribution in [2.45, 2.75) is 13.8 Å². The molecule has 2 aromatic rings. The second-order valence-corrected chi connectivity index (χ2v) is 2.25. The normalized spacial score (nSPS) is 7.86. The van der Waals surface area contributed by atoms with Crippen LogP contribution in [-0.4, -0.2) is 19.8 Å². The van der Waals surface area contributed by atoms with Crippen LogP contribution in [0.4, 0.5) is 0 Å². The van der Waals surface area contributed by atoms with Gasteiger partial charge in [0, 0.05) is 131 Å². The Morgan fingerprint density at radius 1 is 1.14 bits per heavy atom. The number of aryl methyl sites for hydroxylation is 2. The molecule has 0 atom stereocenters. The van der Waals surface area contributed by atoms with Crippen LogP contribution in [0.1, 0.15) is 11.5 Å². The van der Waals surface area contributed by atoms with Crippen LogP contribution in [0.15, 0.2) is 0 Å². The first-order valence-electron chi connectivity index (χ1n) is 3.07. The largest absolute Gasteiger partial charge is 0.399 e. The average molecular weight is 491 g/mol. The van der Waals surface area contributed by atoms with Gasteiger partial charge in [0.05, 0.1) is 0 Å². The second kappa shape index (κ2) is 10.1. The molecule has 4 radical (unpaired) electrons. The van der Waals surface area contributed by atoms with E-state index in [1.807, 2.05) is 13.8 Å². The summed E-state index contributed by atoms with van der Waals surface area (Å²) in [6, 6.07) is 2.99. The van der Waals surface area contributed by atoms with E-state index in [0.717, 1.165) is 17.2 Å². The number of aromatic nitrogens is 4. The zero-order chi connectivity index (χ0) is 7.14. The zero-order valence-corrected chi connectivity index (χ0v) is 19.5. The van der Waals surface area contributed by atoms with Crippen LogP contribution >= 0.6 is 0 Å². The van der Waals surface area contributed by atoms with Gasteiger partial charge in [0.2, 0.25) is 0 Å². The summed E-state index contributed by atoms with van der Waals surface area (Å²) in [5, 5.41) is 7.02. The predicted octanol–water partition coefficient (Wildman–Crippen LogP) is 0.464. The number of rotatable bonds is 0. The third-order valence-electron chi connectivity index (χ3n) is 1.28. The third-order valence-corrected chi connectivity index (χ3v) is 1.28. The van der Waals surface area contributed by atoms with Crippen molar-refractivity contribution in [3.63, 3.8) is 0 Å². The van der Waals surface area contributed by atoms with E-state index < -0.39 is 0 Å². The van der Waals surface area contributed by atoms with Crippen LogP contribution in [0, 0.1) is 19.9 Å². The van der Waals surface area contributed by atoms with E-state index in [-0.39, 0.29) is 131 Å². The molecule has 0 amide bonds. The van der Waals surface area contributed by atoms with E-state index in [1.54, 1.807) is 4.63 Å². The summed E-state index contributed by atoms with van der Waals surface area (Å²) in [5.74, 6) is 0.860. The summed E-state index contributed by atoms with van der Waals surface area (Å²) < 4.78 is 1.62. The number of hydrogen-bond acceptors (Lipinski definition) is 2. The minimum absolute atomic E-state index is 0. The molecule has 8 heteroatoms. The molecule has 14 heavy (non-hydrogen) atoms. The molecule has 0 aliphatic carbocycles. The summed E-state index contributed by atoms with van der Waals surface area (Å²) in [7, 11) is 0. The van der Waals surface area contributed by atoms with Crippen LogP contribution in [0.25, 0.3) is 5.65 Å². The summed E-state index contributed by atoms with van der Waals surface area (Å²) in [6.07, 6.45) is 0. The van der Waals surface area contributed by atoms with Crippen molar-refractivity contribution in [3.05, 3.63) is 17.6 Å². The molecule has 0 aliphatic rings. The van der Waals surface area contributed by atoms with E-state index in [4.69, 9.17) is 0 Å². The van der Waals surface area contributed by atoms with E-state index in [2.05, 4.69) is 21.2 Å². The van der Waals surface area contributed by atoms with E-state index in [9.17, 15) is 0 Å². The maximum Gasteiger partial charge on any atom is 0.118 e. The molecule has 64 valence electrons. The van der Waals surface area contributed by atoms with Gasteiger partial charge in [-0.3, -0.25) is 10.1 Å². The quantitative estimate of drug-likeness (QED) is 0.546. The summed E-state index contributed by atoms with van der Waals surface area (Å²) in [4.78, 5) is 4.12. The van der Waals surface area contributed by atoms with Crippen molar-refractivity contribution in [2.24, 2.45) is 0 Å². The van der Waals surface area contributed by atoms with Gasteiger partial charge in [-0.25, -0.2) is 0 Å². The maximum atomic E-state index is 4.12. The summed E-state index contributed by atoms with van der Waals surface area (Å²) in [6.45, 7) is 3.77. The molecule has 0 fully saturated rings. The topological polar surface area (TPSA) is 46.0 Å². The van der Waals surface area contributed by atoms with Crippen molar-refractivity contribution in [1.29, 1.82) is 0 Å². The molecule has 0 aromatic carbocycles. The molecule has 1 N–H and O–H groups in total. The Kier molecular flexibility index (Phi) is 16.0. The van der Waals surface area contributed by atoms with Crippen molar-refractivity contribution >= 4 is 5.65 Å². The van der Waals surface area contributed by atoms with Gasteiger partial charge in [0.1, 0.15) is 5.82 Å². The van der Waals surface area contributed by atoms with Crippen LogP contribution in [0.3, 0.4) is 0 Å². The molecule has 0 saturated carbocycles. The SMILES string of the molecule is Cc1[c-]c2nc(C)[nH]n2n1.[Y].[Y].[Y].[Y]. The number of aromatic amines is 1. The minimum atomic E-state index is 0. The molecular weight excluding hydrogens is 484 g/mol. The van der Waals surface area contributed by atoms with E-state index in [1.165, 1.54) is 0 Å². The Balaban J connectivity index is -0.000000302. The Labute approximate surface area is 183 Å². The van der Waals surface area contributed by atoms with Gasteiger partial charge in [0.15, 0.2) is 0 Å². The number of nitrogens with one attached hydrogen (secondary N) is 1. The van der Waals surface area contributed by atoms with Crippen molar-refractivity contribution < 1.29 is 131 Å². The van der Waals surface area contributed by atoms with Crippen molar-refractivity contribution in [2.75, 3.05) is 0 Å². The first kappa shape index (κ1) is 22.3. The second-order valence-electron chi connectivity index (χ2n) is 2.25. The molecule has 0 unspecified atom stereocenters. The summed E-state index contributed by atoms with van der Waals surface area (Å²) >= 11 is 0.